The predicted octanol–water partition coefficient (Wildman–Crippen LogP) is 2.57. The van der Waals surface area contributed by atoms with E-state index in [0.717, 1.165) is 0 Å². The number of nitrogens with one attached hydrogen (secondary N) is 1. The molecule has 1 aromatic rings. The number of aryl methyl sites for hydroxylation is 2. The van der Waals surface area contributed by atoms with Gasteiger partial charge in [0.15, 0.2) is 0 Å². The molecule has 1 N–H and O–H groups in total. The zero-order valence-corrected chi connectivity index (χ0v) is 12.0. The molecule has 3 heteroatoms. The van der Waals surface area contributed by atoms with Gasteiger partial charge < -0.3 is 10.1 Å². The summed E-state index contributed by atoms with van der Waals surface area (Å²) in [5.74, 6) is -0.197. The SMILES string of the molecule is CCOC(=O)CNCc1c(C)c(C)cc(C)c1C. The van der Waals surface area contributed by atoms with E-state index in [4.69, 9.17) is 4.74 Å². The molecular weight excluding hydrogens is 226 g/mol. The van der Waals surface area contributed by atoms with E-state index in [2.05, 4.69) is 39.1 Å². The molecule has 0 radical (unpaired) electrons. The number of benzene rings is 1. The maximum atomic E-state index is 11.3. The Labute approximate surface area is 110 Å². The molecule has 0 spiro atoms. The summed E-state index contributed by atoms with van der Waals surface area (Å²) in [6, 6.07) is 2.21. The third kappa shape index (κ3) is 3.57. The normalized spacial score (nSPS) is 10.5. The second-order valence-electron chi connectivity index (χ2n) is 4.65. The van der Waals surface area contributed by atoms with E-state index in [0.29, 0.717) is 13.2 Å². The fourth-order valence-electron chi connectivity index (χ4n) is 2.07. The Morgan fingerprint density at radius 1 is 1.17 bits per heavy atom. The molecule has 0 bridgehead atoms. The molecule has 0 saturated carbocycles. The quantitative estimate of drug-likeness (QED) is 0.815. The van der Waals surface area contributed by atoms with Crippen molar-refractivity contribution in [1.29, 1.82) is 0 Å². The summed E-state index contributed by atoms with van der Waals surface area (Å²) in [5.41, 5.74) is 6.48. The first-order valence-corrected chi connectivity index (χ1v) is 6.40. The minimum atomic E-state index is -0.197. The van der Waals surface area contributed by atoms with Gasteiger partial charge in [0.25, 0.3) is 0 Å². The van der Waals surface area contributed by atoms with Gasteiger partial charge in [-0.1, -0.05) is 6.07 Å². The van der Waals surface area contributed by atoms with E-state index in [1.807, 2.05) is 6.92 Å². The fraction of sp³-hybridized carbons (Fsp3) is 0.533. The van der Waals surface area contributed by atoms with Crippen LogP contribution in [0.1, 0.15) is 34.7 Å². The van der Waals surface area contributed by atoms with E-state index in [-0.39, 0.29) is 12.5 Å². The Morgan fingerprint density at radius 2 is 1.72 bits per heavy atom. The fourth-order valence-corrected chi connectivity index (χ4v) is 2.07. The number of carbonyl (C=O) groups excluding carboxylic acids is 1. The molecule has 0 unspecified atom stereocenters. The Kier molecular flexibility index (Phi) is 5.35. The summed E-state index contributed by atoms with van der Waals surface area (Å²) >= 11 is 0. The van der Waals surface area contributed by atoms with E-state index in [9.17, 15) is 4.79 Å². The molecule has 0 aliphatic rings. The standard InChI is InChI=1S/C15H23NO2/c1-6-18-15(17)9-16-8-14-12(4)10(2)7-11(3)13(14)5/h7,16H,6,8-9H2,1-5H3. The van der Waals surface area contributed by atoms with E-state index in [1.165, 1.54) is 27.8 Å². The summed E-state index contributed by atoms with van der Waals surface area (Å²) in [4.78, 5) is 11.3. The largest absolute Gasteiger partial charge is 0.465 e. The van der Waals surface area contributed by atoms with Crippen molar-refractivity contribution in [2.45, 2.75) is 41.2 Å². The van der Waals surface area contributed by atoms with Gasteiger partial charge in [-0.2, -0.15) is 0 Å². The molecule has 1 rings (SSSR count). The molecule has 1 aromatic carbocycles. The van der Waals surface area contributed by atoms with E-state index in [1.54, 1.807) is 0 Å². The van der Waals surface area contributed by atoms with Crippen molar-refractivity contribution in [3.05, 3.63) is 33.9 Å². The van der Waals surface area contributed by atoms with Crippen molar-refractivity contribution in [2.24, 2.45) is 0 Å². The summed E-state index contributed by atoms with van der Waals surface area (Å²) in [6.45, 7) is 11.7. The molecule has 0 atom stereocenters. The molecule has 0 heterocycles. The van der Waals surface area contributed by atoms with Crippen LogP contribution in [0.15, 0.2) is 6.07 Å². The van der Waals surface area contributed by atoms with E-state index >= 15 is 0 Å². The molecule has 0 fully saturated rings. The molecular formula is C15H23NO2. The molecule has 18 heavy (non-hydrogen) atoms. The summed E-state index contributed by atoms with van der Waals surface area (Å²) < 4.78 is 4.89. The summed E-state index contributed by atoms with van der Waals surface area (Å²) in [7, 11) is 0. The van der Waals surface area contributed by atoms with Crippen molar-refractivity contribution in [2.75, 3.05) is 13.2 Å². The van der Waals surface area contributed by atoms with Gasteiger partial charge in [-0.3, -0.25) is 4.79 Å². The second-order valence-corrected chi connectivity index (χ2v) is 4.65. The van der Waals surface area contributed by atoms with Crippen LogP contribution in [0.5, 0.6) is 0 Å². The van der Waals surface area contributed by atoms with Crippen LogP contribution in [-0.2, 0) is 16.1 Å². The number of carbonyl (C=O) groups is 1. The van der Waals surface area contributed by atoms with Crippen molar-refractivity contribution in [3.8, 4) is 0 Å². The number of esters is 1. The minimum absolute atomic E-state index is 0.197. The highest BCUT2D eigenvalue weighted by Crippen LogP contribution is 2.21. The van der Waals surface area contributed by atoms with E-state index < -0.39 is 0 Å². The average Bonchev–Trinajstić information content (AvgIpc) is 2.31. The number of ether oxygens (including phenoxy) is 1. The highest BCUT2D eigenvalue weighted by molar-refractivity contribution is 5.71. The molecule has 0 saturated heterocycles. The maximum absolute atomic E-state index is 11.3. The molecule has 0 aliphatic carbocycles. The van der Waals surface area contributed by atoms with Crippen molar-refractivity contribution >= 4 is 5.97 Å². The third-order valence-corrected chi connectivity index (χ3v) is 3.40. The van der Waals surface area contributed by atoms with Gasteiger partial charge in [-0.15, -0.1) is 0 Å². The van der Waals surface area contributed by atoms with Gasteiger partial charge in [0.05, 0.1) is 13.2 Å². The Balaban J connectivity index is 2.70. The van der Waals surface area contributed by atoms with Crippen LogP contribution in [0.2, 0.25) is 0 Å². The summed E-state index contributed by atoms with van der Waals surface area (Å²) in [6.07, 6.45) is 0. The zero-order valence-electron chi connectivity index (χ0n) is 12.0. The molecule has 0 aliphatic heterocycles. The lowest BCUT2D eigenvalue weighted by atomic mass is 9.94. The lowest BCUT2D eigenvalue weighted by molar-refractivity contribution is -0.142. The zero-order chi connectivity index (χ0) is 13.7. The summed E-state index contributed by atoms with van der Waals surface area (Å²) in [5, 5.41) is 3.15. The van der Waals surface area contributed by atoms with Gasteiger partial charge in [-0.05, 0) is 62.4 Å². The highest BCUT2D eigenvalue weighted by atomic mass is 16.5. The van der Waals surface area contributed by atoms with Crippen LogP contribution < -0.4 is 5.32 Å². The van der Waals surface area contributed by atoms with Crippen LogP contribution in [0.25, 0.3) is 0 Å². The van der Waals surface area contributed by atoms with Crippen molar-refractivity contribution in [3.63, 3.8) is 0 Å². The first-order chi connectivity index (χ1) is 8.47. The Morgan fingerprint density at radius 3 is 2.22 bits per heavy atom. The van der Waals surface area contributed by atoms with Crippen LogP contribution in [-0.4, -0.2) is 19.1 Å². The maximum Gasteiger partial charge on any atom is 0.319 e. The average molecular weight is 249 g/mol. The van der Waals surface area contributed by atoms with Crippen LogP contribution in [0.3, 0.4) is 0 Å². The van der Waals surface area contributed by atoms with Gasteiger partial charge in [0.2, 0.25) is 0 Å². The lowest BCUT2D eigenvalue weighted by Crippen LogP contribution is -2.25. The monoisotopic (exact) mass is 249 g/mol. The second kappa shape index (κ2) is 6.55. The number of rotatable bonds is 5. The van der Waals surface area contributed by atoms with Crippen LogP contribution in [0, 0.1) is 27.7 Å². The predicted molar refractivity (Wildman–Crippen MR) is 73.7 cm³/mol. The smallest absolute Gasteiger partial charge is 0.319 e. The molecule has 100 valence electrons. The first-order valence-electron chi connectivity index (χ1n) is 6.40. The topological polar surface area (TPSA) is 38.3 Å². The van der Waals surface area contributed by atoms with Gasteiger partial charge in [-0.25, -0.2) is 0 Å². The Bertz CT molecular complexity index is 412. The third-order valence-electron chi connectivity index (χ3n) is 3.40. The van der Waals surface area contributed by atoms with Crippen molar-refractivity contribution < 1.29 is 9.53 Å². The van der Waals surface area contributed by atoms with Gasteiger partial charge in [0.1, 0.15) is 0 Å². The number of hydrogen-bond acceptors (Lipinski definition) is 3. The Hall–Kier alpha value is -1.35. The van der Waals surface area contributed by atoms with Crippen molar-refractivity contribution in [1.82, 2.24) is 5.32 Å². The van der Waals surface area contributed by atoms with Gasteiger partial charge >= 0.3 is 5.97 Å². The molecule has 0 aromatic heterocycles. The molecule has 0 amide bonds. The molecule has 3 nitrogen and oxygen atoms in total. The van der Waals surface area contributed by atoms with Gasteiger partial charge in [0, 0.05) is 6.54 Å². The number of hydrogen-bond donors (Lipinski definition) is 1. The highest BCUT2D eigenvalue weighted by Gasteiger charge is 2.09. The first kappa shape index (κ1) is 14.7. The van der Waals surface area contributed by atoms with Crippen LogP contribution in [0.4, 0.5) is 0 Å². The minimum Gasteiger partial charge on any atom is -0.465 e. The van der Waals surface area contributed by atoms with Crippen LogP contribution >= 0.6 is 0 Å². The lowest BCUT2D eigenvalue weighted by Gasteiger charge is -2.15.